The highest BCUT2D eigenvalue weighted by Crippen LogP contribution is 2.28. The molecule has 8 heteroatoms. The first-order valence-electron chi connectivity index (χ1n) is 12.7. The standard InChI is InChI=1S/C30H38N4O3S/c1-30(2,31)17-11-16-27(35)33(4)25(19-22-20-38-26-15-10-9-14-23(22)26)29(37)34(5)24(28(36)32-3)18-21-12-7-6-8-13-21/h6-16,20,24-25H,17-19,31H2,1-5H3,(H,32,36)/b16-11-/t24-,25-/m1/s1. The van der Waals surface area contributed by atoms with Gasteiger partial charge in [0.2, 0.25) is 17.7 Å². The number of benzene rings is 2. The Kier molecular flexibility index (Phi) is 9.83. The van der Waals surface area contributed by atoms with Gasteiger partial charge in [-0.15, -0.1) is 11.3 Å². The van der Waals surface area contributed by atoms with Crippen molar-refractivity contribution >= 4 is 39.1 Å². The highest BCUT2D eigenvalue weighted by atomic mass is 32.1. The number of likely N-dealkylation sites (N-methyl/N-ethyl adjacent to an activating group) is 3. The fourth-order valence-corrected chi connectivity index (χ4v) is 5.30. The van der Waals surface area contributed by atoms with Crippen molar-refractivity contribution in [1.82, 2.24) is 15.1 Å². The third-order valence-corrected chi connectivity index (χ3v) is 7.63. The largest absolute Gasteiger partial charge is 0.357 e. The van der Waals surface area contributed by atoms with Crippen molar-refractivity contribution in [1.29, 1.82) is 0 Å². The molecule has 0 bridgehead atoms. The van der Waals surface area contributed by atoms with Crippen molar-refractivity contribution in [3.63, 3.8) is 0 Å². The van der Waals surface area contributed by atoms with Crippen LogP contribution in [-0.4, -0.2) is 66.3 Å². The first kappa shape index (κ1) is 29.1. The molecular formula is C30H38N4O3S. The number of hydrogen-bond donors (Lipinski definition) is 2. The lowest BCUT2D eigenvalue weighted by Gasteiger charge is -2.34. The van der Waals surface area contributed by atoms with Crippen molar-refractivity contribution in [2.45, 2.75) is 50.7 Å². The molecule has 38 heavy (non-hydrogen) atoms. The molecule has 1 heterocycles. The molecule has 3 amide bonds. The molecule has 2 aromatic carbocycles. The number of rotatable bonds is 11. The molecule has 0 aliphatic carbocycles. The molecule has 0 fully saturated rings. The maximum absolute atomic E-state index is 14.0. The lowest BCUT2D eigenvalue weighted by molar-refractivity contribution is -0.146. The summed E-state index contributed by atoms with van der Waals surface area (Å²) in [6.07, 6.45) is 4.43. The van der Waals surface area contributed by atoms with E-state index in [0.29, 0.717) is 19.3 Å². The van der Waals surface area contributed by atoms with Crippen LogP contribution in [0.5, 0.6) is 0 Å². The van der Waals surface area contributed by atoms with Crippen molar-refractivity contribution in [2.75, 3.05) is 21.1 Å². The zero-order valence-corrected chi connectivity index (χ0v) is 23.6. The van der Waals surface area contributed by atoms with Gasteiger partial charge in [-0.05, 0) is 54.3 Å². The minimum absolute atomic E-state index is 0.261. The van der Waals surface area contributed by atoms with Crippen LogP contribution in [-0.2, 0) is 27.2 Å². The van der Waals surface area contributed by atoms with Gasteiger partial charge in [-0.3, -0.25) is 14.4 Å². The summed E-state index contributed by atoms with van der Waals surface area (Å²) in [6, 6.07) is 16.1. The fourth-order valence-electron chi connectivity index (χ4n) is 4.32. The second-order valence-corrected chi connectivity index (χ2v) is 11.2. The number of carbonyl (C=O) groups is 3. The van der Waals surface area contributed by atoms with Gasteiger partial charge in [0.05, 0.1) is 0 Å². The fraction of sp³-hybridized carbons (Fsp3) is 0.367. The Morgan fingerprint density at radius 2 is 1.63 bits per heavy atom. The Hall–Kier alpha value is -3.49. The molecule has 0 aliphatic heterocycles. The lowest BCUT2D eigenvalue weighted by Crippen LogP contribution is -2.55. The third-order valence-electron chi connectivity index (χ3n) is 6.62. The second-order valence-electron chi connectivity index (χ2n) is 10.3. The molecule has 3 N–H and O–H groups in total. The van der Waals surface area contributed by atoms with Crippen LogP contribution < -0.4 is 11.1 Å². The molecule has 0 spiro atoms. The summed E-state index contributed by atoms with van der Waals surface area (Å²) < 4.78 is 1.12. The Labute approximate surface area is 229 Å². The zero-order chi connectivity index (χ0) is 27.9. The monoisotopic (exact) mass is 534 g/mol. The van der Waals surface area contributed by atoms with Crippen molar-refractivity contribution < 1.29 is 14.4 Å². The van der Waals surface area contributed by atoms with Crippen LogP contribution in [0.4, 0.5) is 0 Å². The molecule has 1 aromatic heterocycles. The van der Waals surface area contributed by atoms with Crippen LogP contribution in [0.25, 0.3) is 10.1 Å². The molecule has 0 radical (unpaired) electrons. The number of nitrogens with zero attached hydrogens (tertiary/aromatic N) is 2. The number of hydrogen-bond acceptors (Lipinski definition) is 5. The summed E-state index contributed by atoms with van der Waals surface area (Å²) in [6.45, 7) is 3.78. The van der Waals surface area contributed by atoms with Crippen molar-refractivity contribution in [2.24, 2.45) is 5.73 Å². The van der Waals surface area contributed by atoms with Crippen LogP contribution in [0.3, 0.4) is 0 Å². The molecule has 7 nitrogen and oxygen atoms in total. The topological polar surface area (TPSA) is 95.7 Å². The number of nitrogens with one attached hydrogen (secondary N) is 1. The van der Waals surface area contributed by atoms with Gasteiger partial charge in [0.1, 0.15) is 12.1 Å². The van der Waals surface area contributed by atoms with E-state index in [1.165, 1.54) is 15.9 Å². The lowest BCUT2D eigenvalue weighted by atomic mass is 9.99. The third kappa shape index (κ3) is 7.52. The van der Waals surface area contributed by atoms with E-state index in [2.05, 4.69) is 5.32 Å². The van der Waals surface area contributed by atoms with E-state index in [-0.39, 0.29) is 17.7 Å². The molecule has 0 saturated heterocycles. The van der Waals surface area contributed by atoms with E-state index in [4.69, 9.17) is 5.73 Å². The second kappa shape index (κ2) is 12.8. The molecular weight excluding hydrogens is 496 g/mol. The van der Waals surface area contributed by atoms with Crippen LogP contribution >= 0.6 is 11.3 Å². The average Bonchev–Trinajstić information content (AvgIpc) is 3.31. The predicted molar refractivity (Wildman–Crippen MR) is 155 cm³/mol. The first-order chi connectivity index (χ1) is 18.0. The van der Waals surface area contributed by atoms with Gasteiger partial charge in [-0.25, -0.2) is 0 Å². The van der Waals surface area contributed by atoms with E-state index in [1.807, 2.05) is 73.8 Å². The van der Waals surface area contributed by atoms with E-state index in [0.717, 1.165) is 21.2 Å². The van der Waals surface area contributed by atoms with E-state index in [1.54, 1.807) is 38.6 Å². The Morgan fingerprint density at radius 3 is 2.29 bits per heavy atom. The molecule has 0 unspecified atom stereocenters. The van der Waals surface area contributed by atoms with E-state index in [9.17, 15) is 14.4 Å². The summed E-state index contributed by atoms with van der Waals surface area (Å²) in [5.41, 5.74) is 7.54. The molecule has 3 aromatic rings. The normalized spacial score (nSPS) is 13.3. The van der Waals surface area contributed by atoms with Crippen LogP contribution in [0.2, 0.25) is 0 Å². The van der Waals surface area contributed by atoms with Gasteiger partial charge >= 0.3 is 0 Å². The van der Waals surface area contributed by atoms with Gasteiger partial charge in [0.25, 0.3) is 0 Å². The number of thiophene rings is 1. The minimum Gasteiger partial charge on any atom is -0.357 e. The SMILES string of the molecule is CNC(=O)[C@@H](Cc1ccccc1)N(C)C(=O)[C@@H](Cc1csc2ccccc12)N(C)C(=O)/C=C\CC(C)(C)N. The van der Waals surface area contributed by atoms with Gasteiger partial charge in [-0.2, -0.15) is 0 Å². The van der Waals surface area contributed by atoms with Gasteiger partial charge < -0.3 is 20.9 Å². The maximum atomic E-state index is 14.0. The summed E-state index contributed by atoms with van der Waals surface area (Å²) >= 11 is 1.61. The van der Waals surface area contributed by atoms with Gasteiger partial charge in [0.15, 0.2) is 0 Å². The first-order valence-corrected chi connectivity index (χ1v) is 13.6. The average molecular weight is 535 g/mol. The Balaban J connectivity index is 1.93. The summed E-state index contributed by atoms with van der Waals surface area (Å²) in [4.78, 5) is 43.1. The van der Waals surface area contributed by atoms with Crippen LogP contribution in [0.1, 0.15) is 31.4 Å². The molecule has 2 atom stereocenters. The highest BCUT2D eigenvalue weighted by molar-refractivity contribution is 7.17. The Morgan fingerprint density at radius 1 is 0.974 bits per heavy atom. The number of carbonyl (C=O) groups excluding carboxylic acids is 3. The van der Waals surface area contributed by atoms with Crippen LogP contribution in [0.15, 0.2) is 72.1 Å². The molecule has 202 valence electrons. The molecule has 0 aliphatic rings. The highest BCUT2D eigenvalue weighted by Gasteiger charge is 2.35. The van der Waals surface area contributed by atoms with E-state index >= 15 is 0 Å². The maximum Gasteiger partial charge on any atom is 0.246 e. The summed E-state index contributed by atoms with van der Waals surface area (Å²) in [5.74, 6) is -0.850. The quantitative estimate of drug-likeness (QED) is 0.366. The predicted octanol–water partition coefficient (Wildman–Crippen LogP) is 3.77. The van der Waals surface area contributed by atoms with Crippen molar-refractivity contribution in [3.8, 4) is 0 Å². The number of fused-ring (bicyclic) bond motifs is 1. The summed E-state index contributed by atoms with van der Waals surface area (Å²) in [5, 5.41) is 5.79. The van der Waals surface area contributed by atoms with Gasteiger partial charge in [0, 0.05) is 44.2 Å². The number of nitrogens with two attached hydrogens (primary N) is 1. The molecule has 3 rings (SSSR count). The number of amides is 3. The van der Waals surface area contributed by atoms with Gasteiger partial charge in [-0.1, -0.05) is 54.6 Å². The Bertz CT molecular complexity index is 1280. The zero-order valence-electron chi connectivity index (χ0n) is 22.8. The smallest absolute Gasteiger partial charge is 0.246 e. The van der Waals surface area contributed by atoms with Crippen LogP contribution in [0, 0.1) is 0 Å². The minimum atomic E-state index is -0.802. The van der Waals surface area contributed by atoms with E-state index < -0.39 is 17.6 Å². The van der Waals surface area contributed by atoms with Crippen molar-refractivity contribution in [3.05, 3.63) is 83.3 Å². The molecule has 0 saturated carbocycles. The summed E-state index contributed by atoms with van der Waals surface area (Å²) in [7, 11) is 4.83.